The molecular formula is C11H20ClNO2Si. The summed E-state index contributed by atoms with van der Waals surface area (Å²) in [5.41, 5.74) is 0. The average Bonchev–Trinajstić information content (AvgIpc) is 2.31. The molecule has 0 aliphatic rings. The number of ether oxygens (including phenoxy) is 2. The van der Waals surface area contributed by atoms with Crippen molar-refractivity contribution in [3.8, 4) is 0 Å². The number of hydrogen-bond donors (Lipinski definition) is 0. The van der Waals surface area contributed by atoms with E-state index in [0.29, 0.717) is 0 Å². The molecule has 16 heavy (non-hydrogen) atoms. The number of aromatic nitrogens is 1. The van der Waals surface area contributed by atoms with E-state index in [9.17, 15) is 0 Å². The first-order valence-corrected chi connectivity index (χ1v) is 7.36. The van der Waals surface area contributed by atoms with E-state index in [1.165, 1.54) is 6.04 Å². The summed E-state index contributed by atoms with van der Waals surface area (Å²) in [6.07, 6.45) is 4.23. The van der Waals surface area contributed by atoms with Crippen LogP contribution in [-0.2, 0) is 16.0 Å². The van der Waals surface area contributed by atoms with Crippen molar-refractivity contribution in [3.63, 3.8) is 0 Å². The van der Waals surface area contributed by atoms with Gasteiger partial charge >= 0.3 is 0 Å². The maximum Gasteiger partial charge on any atom is 0.168 e. The Kier molecular flexibility index (Phi) is 9.52. The molecule has 0 radical (unpaired) electrons. The van der Waals surface area contributed by atoms with Crippen molar-refractivity contribution in [2.24, 2.45) is 0 Å². The number of halogens is 1. The Labute approximate surface area is 106 Å². The van der Waals surface area contributed by atoms with Crippen molar-refractivity contribution in [2.45, 2.75) is 24.9 Å². The van der Waals surface area contributed by atoms with Gasteiger partial charge < -0.3 is 21.9 Å². The van der Waals surface area contributed by atoms with Crippen molar-refractivity contribution < 1.29 is 26.4 Å². The topological polar surface area (TPSA) is 22.3 Å². The van der Waals surface area contributed by atoms with Gasteiger partial charge in [0.05, 0.1) is 0 Å². The monoisotopic (exact) mass is 261 g/mol. The molecule has 0 aliphatic carbocycles. The minimum atomic E-state index is -0.0728. The molecule has 0 saturated carbocycles. The highest BCUT2D eigenvalue weighted by Crippen LogP contribution is 1.99. The van der Waals surface area contributed by atoms with Crippen LogP contribution in [0.25, 0.3) is 0 Å². The number of rotatable bonds is 7. The highest BCUT2D eigenvalue weighted by Gasteiger charge is 2.05. The predicted octanol–water partition coefficient (Wildman–Crippen LogP) is -2.40. The van der Waals surface area contributed by atoms with Gasteiger partial charge in [-0.25, -0.2) is 4.57 Å². The summed E-state index contributed by atoms with van der Waals surface area (Å²) >= 11 is 0. The average molecular weight is 262 g/mol. The van der Waals surface area contributed by atoms with Crippen molar-refractivity contribution in [2.75, 3.05) is 14.2 Å². The van der Waals surface area contributed by atoms with Gasteiger partial charge in [0.15, 0.2) is 18.7 Å². The first-order chi connectivity index (χ1) is 7.36. The van der Waals surface area contributed by atoms with Gasteiger partial charge in [-0.05, 0) is 12.1 Å². The molecule has 0 spiro atoms. The molecule has 1 rings (SSSR count). The van der Waals surface area contributed by atoms with Crippen molar-refractivity contribution in [3.05, 3.63) is 30.6 Å². The van der Waals surface area contributed by atoms with Crippen LogP contribution in [0.4, 0.5) is 0 Å². The first kappa shape index (κ1) is 15.6. The number of nitrogens with zero attached hydrogens (tertiary/aromatic N) is 1. The molecule has 1 aromatic heterocycles. The SMILES string of the molecule is COC(C[SiH2]CC[n+]1ccccc1)OC.[Cl-]. The summed E-state index contributed by atoms with van der Waals surface area (Å²) in [5.74, 6) is 0. The molecule has 0 fully saturated rings. The van der Waals surface area contributed by atoms with Gasteiger partial charge in [-0.3, -0.25) is 0 Å². The largest absolute Gasteiger partial charge is 1.00 e. The second-order valence-corrected chi connectivity index (χ2v) is 5.50. The highest BCUT2D eigenvalue weighted by molar-refractivity contribution is 6.35. The van der Waals surface area contributed by atoms with Crippen LogP contribution in [0.15, 0.2) is 30.6 Å². The van der Waals surface area contributed by atoms with Gasteiger partial charge in [0.1, 0.15) is 6.54 Å². The number of hydrogen-bond acceptors (Lipinski definition) is 2. The molecule has 1 aromatic rings. The second kappa shape index (κ2) is 9.78. The minimum Gasteiger partial charge on any atom is -1.00 e. The quantitative estimate of drug-likeness (QED) is 0.236. The normalized spacial score (nSPS) is 10.9. The van der Waals surface area contributed by atoms with Crippen LogP contribution in [-0.4, -0.2) is 30.0 Å². The Balaban J connectivity index is 0.00000225. The Morgan fingerprint density at radius 3 is 2.31 bits per heavy atom. The maximum absolute atomic E-state index is 5.16. The molecule has 0 saturated heterocycles. The molecule has 3 nitrogen and oxygen atoms in total. The van der Waals surface area contributed by atoms with Crippen LogP contribution in [0.1, 0.15) is 0 Å². The van der Waals surface area contributed by atoms with Crippen molar-refractivity contribution >= 4 is 9.52 Å². The van der Waals surface area contributed by atoms with E-state index in [4.69, 9.17) is 9.47 Å². The lowest BCUT2D eigenvalue weighted by Crippen LogP contribution is -3.00. The molecule has 0 unspecified atom stereocenters. The smallest absolute Gasteiger partial charge is 0.168 e. The maximum atomic E-state index is 5.16. The third-order valence-electron chi connectivity index (χ3n) is 2.41. The van der Waals surface area contributed by atoms with E-state index >= 15 is 0 Å². The lowest BCUT2D eigenvalue weighted by Gasteiger charge is -2.11. The molecule has 5 heteroatoms. The van der Waals surface area contributed by atoms with E-state index in [-0.39, 0.29) is 28.2 Å². The Morgan fingerprint density at radius 2 is 1.75 bits per heavy atom. The number of pyridine rings is 1. The Hall–Kier alpha value is -0.423. The molecule has 0 atom stereocenters. The molecule has 1 heterocycles. The van der Waals surface area contributed by atoms with Gasteiger partial charge in [-0.15, -0.1) is 0 Å². The second-order valence-electron chi connectivity index (χ2n) is 3.51. The van der Waals surface area contributed by atoms with E-state index in [2.05, 4.69) is 29.1 Å². The third kappa shape index (κ3) is 6.22. The fraction of sp³-hybridized carbons (Fsp3) is 0.545. The van der Waals surface area contributed by atoms with Crippen LogP contribution in [0, 0.1) is 0 Å². The van der Waals surface area contributed by atoms with Gasteiger partial charge in [0.2, 0.25) is 0 Å². The molecule has 92 valence electrons. The predicted molar refractivity (Wildman–Crippen MR) is 62.6 cm³/mol. The minimum absolute atomic E-state index is 0. The van der Waals surface area contributed by atoms with Crippen molar-refractivity contribution in [1.82, 2.24) is 0 Å². The molecule has 0 aliphatic heterocycles. The van der Waals surface area contributed by atoms with E-state index < -0.39 is 0 Å². The van der Waals surface area contributed by atoms with Crippen LogP contribution >= 0.6 is 0 Å². The molecular weight excluding hydrogens is 242 g/mol. The first-order valence-electron chi connectivity index (χ1n) is 5.36. The summed E-state index contributed by atoms with van der Waals surface area (Å²) in [6, 6.07) is 8.56. The summed E-state index contributed by atoms with van der Waals surface area (Å²) in [6.45, 7) is 1.12. The van der Waals surface area contributed by atoms with Crippen LogP contribution in [0.2, 0.25) is 12.1 Å². The summed E-state index contributed by atoms with van der Waals surface area (Å²) in [4.78, 5) is 0. The van der Waals surface area contributed by atoms with E-state index in [1.807, 2.05) is 6.07 Å². The van der Waals surface area contributed by atoms with Crippen LogP contribution in [0.5, 0.6) is 0 Å². The standard InChI is InChI=1S/C11H20NO2Si.ClH/c1-13-11(14-2)10-15-9-8-12-6-4-3-5-7-12;/h3-7,11H,8-10,15H2,1-2H3;1H/q+1;/p-1. The van der Waals surface area contributed by atoms with Crippen LogP contribution < -0.4 is 17.0 Å². The summed E-state index contributed by atoms with van der Waals surface area (Å²) < 4.78 is 12.5. The van der Waals surface area contributed by atoms with Gasteiger partial charge in [0, 0.05) is 35.9 Å². The van der Waals surface area contributed by atoms with Crippen molar-refractivity contribution in [1.29, 1.82) is 0 Å². The fourth-order valence-corrected chi connectivity index (χ4v) is 3.20. The van der Waals surface area contributed by atoms with Gasteiger partial charge in [0.25, 0.3) is 0 Å². The lowest BCUT2D eigenvalue weighted by molar-refractivity contribution is -0.693. The third-order valence-corrected chi connectivity index (χ3v) is 4.11. The Bertz CT molecular complexity index is 257. The summed E-state index contributed by atoms with van der Waals surface area (Å²) in [5, 5.41) is 0. The molecule has 0 aromatic carbocycles. The lowest BCUT2D eigenvalue weighted by atomic mass is 10.5. The zero-order valence-corrected chi connectivity index (χ0v) is 12.1. The zero-order chi connectivity index (χ0) is 10.9. The van der Waals surface area contributed by atoms with E-state index in [0.717, 1.165) is 12.6 Å². The fourth-order valence-electron chi connectivity index (χ4n) is 1.52. The zero-order valence-electron chi connectivity index (χ0n) is 9.93. The number of aryl methyl sites for hydroxylation is 1. The van der Waals surface area contributed by atoms with E-state index in [1.54, 1.807) is 14.2 Å². The molecule has 0 bridgehead atoms. The molecule has 0 amide bonds. The molecule has 0 N–H and O–H groups in total. The Morgan fingerprint density at radius 1 is 1.12 bits per heavy atom. The van der Waals surface area contributed by atoms with Gasteiger partial charge in [-0.2, -0.15) is 0 Å². The summed E-state index contributed by atoms with van der Waals surface area (Å²) in [7, 11) is 3.33. The van der Waals surface area contributed by atoms with Crippen LogP contribution in [0.3, 0.4) is 0 Å². The number of methoxy groups -OCH3 is 2. The van der Waals surface area contributed by atoms with Gasteiger partial charge in [-0.1, -0.05) is 6.07 Å². The highest BCUT2D eigenvalue weighted by atomic mass is 35.5.